The average molecular weight is 303 g/mol. The van der Waals surface area contributed by atoms with Crippen LogP contribution in [0.15, 0.2) is 30.3 Å². The lowest BCUT2D eigenvalue weighted by atomic mass is 10.2. The molecule has 21 heavy (non-hydrogen) atoms. The molecule has 4 nitrogen and oxygen atoms in total. The number of likely N-dealkylation sites (N-methyl/N-ethyl adjacent to an activating group) is 1. The van der Waals surface area contributed by atoms with Gasteiger partial charge in [-0.2, -0.15) is 0 Å². The number of nitrogens with zero attached hydrogens (tertiary/aromatic N) is 2. The largest absolute Gasteiger partial charge is 0.333 e. The molecule has 1 aliphatic heterocycles. The standard InChI is InChI=1S/C16H21N3OS/c1-18(2)13-7-8-19(11-13)16(20)17-10-14-9-12-5-3-4-6-15(12)21-14/h3-6,9,13H,7-8,10-11H2,1-2H3,(H,17,20)/t13-/m0/s1. The summed E-state index contributed by atoms with van der Waals surface area (Å²) in [5.74, 6) is 0. The summed E-state index contributed by atoms with van der Waals surface area (Å²) in [6.07, 6.45) is 1.06. The topological polar surface area (TPSA) is 35.6 Å². The van der Waals surface area contributed by atoms with Crippen molar-refractivity contribution in [3.63, 3.8) is 0 Å². The summed E-state index contributed by atoms with van der Waals surface area (Å²) >= 11 is 1.75. The van der Waals surface area contributed by atoms with Gasteiger partial charge in [-0.3, -0.25) is 0 Å². The summed E-state index contributed by atoms with van der Waals surface area (Å²) < 4.78 is 1.27. The Morgan fingerprint density at radius 3 is 2.95 bits per heavy atom. The number of hydrogen-bond donors (Lipinski definition) is 1. The number of nitrogens with one attached hydrogen (secondary N) is 1. The number of fused-ring (bicyclic) bond motifs is 1. The monoisotopic (exact) mass is 303 g/mol. The van der Waals surface area contributed by atoms with Gasteiger partial charge in [-0.15, -0.1) is 11.3 Å². The first-order chi connectivity index (χ1) is 10.1. The fraction of sp³-hybridized carbons (Fsp3) is 0.438. The Hall–Kier alpha value is -1.59. The predicted molar refractivity (Wildman–Crippen MR) is 87.7 cm³/mol. The predicted octanol–water partition coefficient (Wildman–Crippen LogP) is 2.75. The van der Waals surface area contributed by atoms with Gasteiger partial charge in [-0.1, -0.05) is 18.2 Å². The fourth-order valence-corrected chi connectivity index (χ4v) is 3.75. The molecule has 0 radical (unpaired) electrons. The smallest absolute Gasteiger partial charge is 0.317 e. The SMILES string of the molecule is CN(C)[C@H]1CCN(C(=O)NCc2cc3ccccc3s2)C1. The molecule has 2 heterocycles. The fourth-order valence-electron chi connectivity index (χ4n) is 2.75. The third-order valence-electron chi connectivity index (χ3n) is 4.07. The molecule has 1 aromatic carbocycles. The van der Waals surface area contributed by atoms with Gasteiger partial charge < -0.3 is 15.1 Å². The van der Waals surface area contributed by atoms with E-state index in [0.29, 0.717) is 12.6 Å². The second kappa shape index (κ2) is 6.03. The summed E-state index contributed by atoms with van der Waals surface area (Å²) in [5.41, 5.74) is 0. The molecule has 112 valence electrons. The van der Waals surface area contributed by atoms with Crippen molar-refractivity contribution in [2.24, 2.45) is 0 Å². The Morgan fingerprint density at radius 2 is 2.24 bits per heavy atom. The van der Waals surface area contributed by atoms with E-state index in [4.69, 9.17) is 0 Å². The van der Waals surface area contributed by atoms with E-state index in [1.807, 2.05) is 17.0 Å². The van der Waals surface area contributed by atoms with E-state index >= 15 is 0 Å². The van der Waals surface area contributed by atoms with Gasteiger partial charge in [0.2, 0.25) is 0 Å². The molecule has 0 saturated carbocycles. The van der Waals surface area contributed by atoms with E-state index in [1.54, 1.807) is 11.3 Å². The van der Waals surface area contributed by atoms with Crippen LogP contribution >= 0.6 is 11.3 Å². The summed E-state index contributed by atoms with van der Waals surface area (Å²) in [5, 5.41) is 4.29. The average Bonchev–Trinajstić information content (AvgIpc) is 3.11. The van der Waals surface area contributed by atoms with Crippen LogP contribution in [0.4, 0.5) is 4.79 Å². The van der Waals surface area contributed by atoms with Crippen molar-refractivity contribution in [1.82, 2.24) is 15.1 Å². The van der Waals surface area contributed by atoms with E-state index in [9.17, 15) is 4.79 Å². The van der Waals surface area contributed by atoms with Gasteiger partial charge in [0.1, 0.15) is 0 Å². The van der Waals surface area contributed by atoms with Crippen LogP contribution in [0.1, 0.15) is 11.3 Å². The molecule has 2 aromatic rings. The Labute approximate surface area is 129 Å². The number of thiophene rings is 1. The maximum Gasteiger partial charge on any atom is 0.317 e. The molecule has 0 unspecified atom stereocenters. The van der Waals surface area contributed by atoms with Gasteiger partial charge in [0.05, 0.1) is 6.54 Å². The zero-order chi connectivity index (χ0) is 14.8. The third-order valence-corrected chi connectivity index (χ3v) is 5.19. The molecule has 2 amide bonds. The molecular formula is C16H21N3OS. The minimum Gasteiger partial charge on any atom is -0.333 e. The van der Waals surface area contributed by atoms with E-state index in [1.165, 1.54) is 15.0 Å². The highest BCUT2D eigenvalue weighted by Gasteiger charge is 2.27. The molecule has 1 aromatic heterocycles. The molecule has 0 bridgehead atoms. The van der Waals surface area contributed by atoms with Gasteiger partial charge in [0.25, 0.3) is 0 Å². The Kier molecular flexibility index (Phi) is 4.12. The van der Waals surface area contributed by atoms with E-state index in [-0.39, 0.29) is 6.03 Å². The van der Waals surface area contributed by atoms with E-state index in [2.05, 4.69) is 42.5 Å². The highest BCUT2D eigenvalue weighted by Crippen LogP contribution is 2.25. The lowest BCUT2D eigenvalue weighted by Gasteiger charge is -2.20. The number of urea groups is 1. The Morgan fingerprint density at radius 1 is 1.43 bits per heavy atom. The maximum absolute atomic E-state index is 12.2. The summed E-state index contributed by atoms with van der Waals surface area (Å²) in [6.45, 7) is 2.29. The molecule has 0 aliphatic carbocycles. The van der Waals surface area contributed by atoms with Crippen molar-refractivity contribution in [2.75, 3.05) is 27.2 Å². The molecule has 1 fully saturated rings. The quantitative estimate of drug-likeness (QED) is 0.946. The van der Waals surface area contributed by atoms with Gasteiger partial charge in [0, 0.05) is 28.7 Å². The van der Waals surface area contributed by atoms with Crippen LogP contribution in [0.25, 0.3) is 10.1 Å². The van der Waals surface area contributed by atoms with Gasteiger partial charge in [-0.25, -0.2) is 4.79 Å². The highest BCUT2D eigenvalue weighted by molar-refractivity contribution is 7.19. The van der Waals surface area contributed by atoms with Crippen molar-refractivity contribution < 1.29 is 4.79 Å². The molecule has 1 saturated heterocycles. The van der Waals surface area contributed by atoms with Crippen molar-refractivity contribution in [3.05, 3.63) is 35.2 Å². The molecule has 5 heteroatoms. The number of hydrogen-bond acceptors (Lipinski definition) is 3. The lowest BCUT2D eigenvalue weighted by Crippen LogP contribution is -2.40. The molecule has 1 N–H and O–H groups in total. The van der Waals surface area contributed by atoms with Crippen LogP contribution in [-0.2, 0) is 6.54 Å². The third kappa shape index (κ3) is 3.19. The van der Waals surface area contributed by atoms with Crippen molar-refractivity contribution in [2.45, 2.75) is 19.0 Å². The van der Waals surface area contributed by atoms with E-state index < -0.39 is 0 Å². The number of carbonyl (C=O) groups is 1. The first-order valence-corrected chi connectivity index (χ1v) is 8.12. The number of amides is 2. The van der Waals surface area contributed by atoms with Crippen molar-refractivity contribution >= 4 is 27.5 Å². The van der Waals surface area contributed by atoms with Crippen molar-refractivity contribution in [3.8, 4) is 0 Å². The maximum atomic E-state index is 12.2. The second-order valence-corrected chi connectivity index (χ2v) is 6.93. The van der Waals surface area contributed by atoms with Crippen LogP contribution in [0.2, 0.25) is 0 Å². The number of likely N-dealkylation sites (tertiary alicyclic amines) is 1. The first kappa shape index (κ1) is 14.4. The van der Waals surface area contributed by atoms with Crippen LogP contribution < -0.4 is 5.32 Å². The number of benzene rings is 1. The minimum absolute atomic E-state index is 0.0526. The van der Waals surface area contributed by atoms with E-state index in [0.717, 1.165) is 19.5 Å². The van der Waals surface area contributed by atoms with Crippen LogP contribution in [0, 0.1) is 0 Å². The molecular weight excluding hydrogens is 282 g/mol. The summed E-state index contributed by atoms with van der Waals surface area (Å²) in [4.78, 5) is 17.5. The number of carbonyl (C=O) groups excluding carboxylic acids is 1. The van der Waals surface area contributed by atoms with Crippen LogP contribution in [-0.4, -0.2) is 49.1 Å². The van der Waals surface area contributed by atoms with Gasteiger partial charge in [0.15, 0.2) is 0 Å². The number of rotatable bonds is 3. The second-order valence-electron chi connectivity index (χ2n) is 5.76. The summed E-state index contributed by atoms with van der Waals surface area (Å²) in [7, 11) is 4.15. The lowest BCUT2D eigenvalue weighted by molar-refractivity contribution is 0.203. The molecule has 0 spiro atoms. The van der Waals surface area contributed by atoms with Gasteiger partial charge >= 0.3 is 6.03 Å². The Balaban J connectivity index is 1.56. The molecule has 1 atom stereocenters. The highest BCUT2D eigenvalue weighted by atomic mass is 32.1. The van der Waals surface area contributed by atoms with Crippen molar-refractivity contribution in [1.29, 1.82) is 0 Å². The zero-order valence-electron chi connectivity index (χ0n) is 12.5. The van der Waals surface area contributed by atoms with Crippen LogP contribution in [0.3, 0.4) is 0 Å². The van der Waals surface area contributed by atoms with Crippen LogP contribution in [0.5, 0.6) is 0 Å². The molecule has 1 aliphatic rings. The summed E-state index contributed by atoms with van der Waals surface area (Å²) in [6, 6.07) is 11.0. The zero-order valence-corrected chi connectivity index (χ0v) is 13.3. The minimum atomic E-state index is 0.0526. The normalized spacial score (nSPS) is 18.6. The molecule has 3 rings (SSSR count). The van der Waals surface area contributed by atoms with Gasteiger partial charge in [-0.05, 0) is 38.0 Å². The first-order valence-electron chi connectivity index (χ1n) is 7.30. The Bertz CT molecular complexity index is 604.